The Morgan fingerprint density at radius 1 is 1.50 bits per heavy atom. The second-order valence-electron chi connectivity index (χ2n) is 2.02. The summed E-state index contributed by atoms with van der Waals surface area (Å²) in [6.07, 6.45) is 4.00. The number of rotatable bonds is 1. The van der Waals surface area contributed by atoms with Crippen molar-refractivity contribution in [2.24, 2.45) is 0 Å². The Bertz CT molecular complexity index is 175. The molecule has 1 rings (SSSR count). The third kappa shape index (κ3) is 1.10. The molecule has 0 fully saturated rings. The van der Waals surface area contributed by atoms with Crippen LogP contribution in [0.1, 0.15) is 0 Å². The summed E-state index contributed by atoms with van der Waals surface area (Å²) in [7, 11) is 0. The van der Waals surface area contributed by atoms with Crippen molar-refractivity contribution in [2.75, 3.05) is 0 Å². The molecule has 0 bridgehead atoms. The Morgan fingerprint density at radius 2 is 2.20 bits per heavy atom. The zero-order valence-electron chi connectivity index (χ0n) is 5.10. The minimum atomic E-state index is -2.09. The van der Waals surface area contributed by atoms with Crippen LogP contribution in [-0.4, -0.2) is 22.1 Å². The maximum absolute atomic E-state index is 9.82. The highest BCUT2D eigenvalue weighted by molar-refractivity contribution is 5.19. The Kier molecular flexibility index (Phi) is 1.87. The van der Waals surface area contributed by atoms with Crippen LogP contribution >= 0.6 is 0 Å². The Morgan fingerprint density at radius 3 is 2.60 bits per heavy atom. The molecule has 0 amide bonds. The van der Waals surface area contributed by atoms with Crippen molar-refractivity contribution in [1.29, 1.82) is 0 Å². The maximum Gasteiger partial charge on any atom is 0.251 e. The van der Waals surface area contributed by atoms with Gasteiger partial charge in [0.2, 0.25) is 0 Å². The van der Waals surface area contributed by atoms with Gasteiger partial charge in [0.25, 0.3) is 5.79 Å². The summed E-state index contributed by atoms with van der Waals surface area (Å²) in [5.74, 6) is -2.09. The fourth-order valence-corrected chi connectivity index (χ4v) is 0.676. The molecule has 0 heterocycles. The first-order chi connectivity index (χ1) is 4.69. The van der Waals surface area contributed by atoms with E-state index in [2.05, 4.69) is 4.89 Å². The molecule has 2 N–H and O–H groups in total. The minimum Gasteiger partial charge on any atom is -0.383 e. The van der Waals surface area contributed by atoms with Crippen molar-refractivity contribution in [3.8, 4) is 0 Å². The largest absolute Gasteiger partial charge is 0.383 e. The van der Waals surface area contributed by atoms with Crippen LogP contribution in [0, 0.1) is 0 Å². The zero-order chi connectivity index (χ0) is 7.61. The number of aliphatic hydroxyl groups excluding tert-OH is 1. The number of hydrogen-bond acceptors (Lipinski definition) is 3. The summed E-state index contributed by atoms with van der Waals surface area (Å²) in [6, 6.07) is 0. The van der Waals surface area contributed by atoms with Gasteiger partial charge in [-0.3, -0.25) is 0 Å². The minimum absolute atomic E-state index is 1.09. The lowest BCUT2D eigenvalue weighted by Crippen LogP contribution is -2.41. The molecule has 0 aliphatic heterocycles. The summed E-state index contributed by atoms with van der Waals surface area (Å²) >= 11 is 0. The molecule has 0 saturated heterocycles. The average molecular weight is 143 g/mol. The van der Waals surface area contributed by atoms with Crippen LogP contribution in [0.3, 0.4) is 0 Å². The summed E-state index contributed by atoms with van der Waals surface area (Å²) < 4.78 is 0. The molecule has 1 radical (unpaired) electrons. The van der Waals surface area contributed by atoms with Crippen molar-refractivity contribution < 1.29 is 20.4 Å². The maximum atomic E-state index is 9.82. The van der Waals surface area contributed by atoms with Crippen LogP contribution in [-0.2, 0) is 10.1 Å². The molecule has 0 spiro atoms. The summed E-state index contributed by atoms with van der Waals surface area (Å²) in [5, 5.41) is 27.8. The van der Waals surface area contributed by atoms with E-state index in [1.807, 2.05) is 0 Å². The van der Waals surface area contributed by atoms with E-state index in [0.717, 1.165) is 6.08 Å². The van der Waals surface area contributed by atoms with Gasteiger partial charge >= 0.3 is 0 Å². The zero-order valence-corrected chi connectivity index (χ0v) is 5.10. The van der Waals surface area contributed by atoms with Crippen LogP contribution in [0.25, 0.3) is 0 Å². The van der Waals surface area contributed by atoms with Gasteiger partial charge in [-0.2, -0.15) is 4.89 Å². The van der Waals surface area contributed by atoms with Crippen LogP contribution < -0.4 is 0 Å². The van der Waals surface area contributed by atoms with Crippen molar-refractivity contribution in [2.45, 2.75) is 11.9 Å². The second kappa shape index (κ2) is 2.51. The van der Waals surface area contributed by atoms with Gasteiger partial charge in [-0.1, -0.05) is 18.2 Å². The standard InChI is InChI=1S/C6H7O4/c7-5-3-1-2-4-6(5,8)10-9/h1-5,7-8H. The first-order valence-electron chi connectivity index (χ1n) is 2.76. The van der Waals surface area contributed by atoms with E-state index in [1.165, 1.54) is 18.2 Å². The smallest absolute Gasteiger partial charge is 0.251 e. The highest BCUT2D eigenvalue weighted by Crippen LogP contribution is 2.18. The van der Waals surface area contributed by atoms with E-state index in [9.17, 15) is 5.26 Å². The third-order valence-corrected chi connectivity index (χ3v) is 1.30. The molecule has 4 nitrogen and oxygen atoms in total. The van der Waals surface area contributed by atoms with Gasteiger partial charge in [-0.05, 0) is 11.3 Å². The predicted octanol–water partition coefficient (Wildman–Crippen LogP) is -0.476. The molecule has 55 valence electrons. The van der Waals surface area contributed by atoms with Gasteiger partial charge in [0.1, 0.15) is 6.10 Å². The van der Waals surface area contributed by atoms with E-state index in [4.69, 9.17) is 10.2 Å². The lowest BCUT2D eigenvalue weighted by molar-refractivity contribution is -0.428. The Hall–Kier alpha value is -0.680. The summed E-state index contributed by atoms with van der Waals surface area (Å²) in [5.41, 5.74) is 0. The van der Waals surface area contributed by atoms with E-state index in [0.29, 0.717) is 0 Å². The molecular formula is C6H7O4. The molecule has 2 unspecified atom stereocenters. The topological polar surface area (TPSA) is 69.6 Å². The van der Waals surface area contributed by atoms with Crippen molar-refractivity contribution >= 4 is 0 Å². The predicted molar refractivity (Wildman–Crippen MR) is 31.0 cm³/mol. The van der Waals surface area contributed by atoms with Gasteiger partial charge < -0.3 is 10.2 Å². The molecule has 0 aromatic heterocycles. The number of hydrogen-bond donors (Lipinski definition) is 2. The van der Waals surface area contributed by atoms with Gasteiger partial charge in [0.15, 0.2) is 0 Å². The van der Waals surface area contributed by atoms with Crippen LogP contribution in [0.5, 0.6) is 0 Å². The molecule has 0 aromatic rings. The van der Waals surface area contributed by atoms with Crippen LogP contribution in [0.2, 0.25) is 0 Å². The van der Waals surface area contributed by atoms with E-state index in [-0.39, 0.29) is 0 Å². The monoisotopic (exact) mass is 143 g/mol. The Balaban J connectivity index is 2.77. The van der Waals surface area contributed by atoms with E-state index >= 15 is 0 Å². The lowest BCUT2D eigenvalue weighted by atomic mass is 10.1. The van der Waals surface area contributed by atoms with Crippen molar-refractivity contribution in [1.82, 2.24) is 0 Å². The van der Waals surface area contributed by atoms with Crippen LogP contribution in [0.4, 0.5) is 0 Å². The fourth-order valence-electron chi connectivity index (χ4n) is 0.676. The SMILES string of the molecule is [O]OC1(O)C=CC=CC1O. The highest BCUT2D eigenvalue weighted by atomic mass is 17.1. The average Bonchev–Trinajstić information content (AvgIpc) is 1.96. The molecule has 0 aromatic carbocycles. The molecule has 4 heteroatoms. The molecule has 0 saturated carbocycles. The van der Waals surface area contributed by atoms with Crippen molar-refractivity contribution in [3.05, 3.63) is 24.3 Å². The normalized spacial score (nSPS) is 38.5. The first-order valence-corrected chi connectivity index (χ1v) is 2.76. The third-order valence-electron chi connectivity index (χ3n) is 1.30. The quantitative estimate of drug-likeness (QED) is 0.296. The lowest BCUT2D eigenvalue weighted by Gasteiger charge is -2.24. The van der Waals surface area contributed by atoms with Gasteiger partial charge in [-0.15, -0.1) is 0 Å². The summed E-state index contributed by atoms with van der Waals surface area (Å²) in [6.45, 7) is 0. The molecular weight excluding hydrogens is 136 g/mol. The number of allylic oxidation sites excluding steroid dienone is 2. The van der Waals surface area contributed by atoms with Gasteiger partial charge in [-0.25, -0.2) is 0 Å². The fraction of sp³-hybridized carbons (Fsp3) is 0.333. The first kappa shape index (κ1) is 7.43. The second-order valence-corrected chi connectivity index (χ2v) is 2.02. The van der Waals surface area contributed by atoms with Gasteiger partial charge in [0.05, 0.1) is 0 Å². The summed E-state index contributed by atoms with van der Waals surface area (Å²) in [4.78, 5) is 3.41. The van der Waals surface area contributed by atoms with Crippen LogP contribution in [0.15, 0.2) is 24.3 Å². The molecule has 1 aliphatic carbocycles. The Labute approximate surface area is 57.6 Å². The molecule has 2 atom stereocenters. The molecule has 1 aliphatic rings. The number of aliphatic hydroxyl groups is 2. The highest BCUT2D eigenvalue weighted by Gasteiger charge is 2.35. The van der Waals surface area contributed by atoms with Crippen molar-refractivity contribution in [3.63, 3.8) is 0 Å². The van der Waals surface area contributed by atoms with E-state index < -0.39 is 11.9 Å². The van der Waals surface area contributed by atoms with E-state index in [1.54, 1.807) is 0 Å². The van der Waals surface area contributed by atoms with Gasteiger partial charge in [0, 0.05) is 0 Å². The molecule has 10 heavy (non-hydrogen) atoms.